The summed E-state index contributed by atoms with van der Waals surface area (Å²) in [7, 11) is 0. The summed E-state index contributed by atoms with van der Waals surface area (Å²) in [5, 5.41) is 64.6. The standard InChI is InChI=1S/C52H75BrN4O12/c1-28(58)54-39-42(62)41(61)35(27-66-45-43(63)40(60)34(59)26-65-45)68-44(39)69-38-16-17-49(6)36(48(38,4)5)15-18-51(8)37(49)14-13-32-33-23-47(2,3)19-21-52(33,22-20-50(32,51)7)46(64)67-25-30-24-57(56-55-30)31-11-9-29(53)10-12-31/h9-13,24,33-45,59-63H,14-23,25-27H2,1-8H3,(H,54,58)/t33-,34-,35+,36-,37+,38-,39+,40-,41+,42+,43-,44-,45-,49-,50+,51+,52-/m0/s1. The Morgan fingerprint density at radius 2 is 1.59 bits per heavy atom. The van der Waals surface area contributed by atoms with Crippen molar-refractivity contribution in [2.75, 3.05) is 13.2 Å². The Hall–Kier alpha value is -2.84. The van der Waals surface area contributed by atoms with E-state index in [0.29, 0.717) is 18.0 Å². The molecule has 382 valence electrons. The van der Waals surface area contributed by atoms with Crippen molar-refractivity contribution in [3.8, 4) is 5.69 Å². The molecule has 69 heavy (non-hydrogen) atoms. The van der Waals surface area contributed by atoms with Gasteiger partial charge in [0.05, 0.1) is 36.6 Å². The number of aliphatic hydroxyl groups excluding tert-OH is 5. The topological polar surface area (TPSA) is 224 Å². The lowest BCUT2D eigenvalue weighted by molar-refractivity contribution is -0.322. The van der Waals surface area contributed by atoms with Gasteiger partial charge in [-0.1, -0.05) is 81.3 Å². The minimum Gasteiger partial charge on any atom is -0.459 e. The maximum atomic E-state index is 14.7. The van der Waals surface area contributed by atoms with Gasteiger partial charge in [-0.15, -0.1) is 5.10 Å². The molecule has 0 radical (unpaired) electrons. The zero-order chi connectivity index (χ0) is 49.6. The van der Waals surface area contributed by atoms with Gasteiger partial charge < -0.3 is 54.5 Å². The van der Waals surface area contributed by atoms with E-state index in [1.807, 2.05) is 30.5 Å². The molecular weight excluding hydrogens is 952 g/mol. The average Bonchev–Trinajstić information content (AvgIpc) is 3.77. The number of aromatic nitrogens is 3. The number of hydrogen-bond donors (Lipinski definition) is 6. The van der Waals surface area contributed by atoms with E-state index >= 15 is 0 Å². The van der Waals surface area contributed by atoms with Gasteiger partial charge in [0.2, 0.25) is 5.91 Å². The Balaban J connectivity index is 0.925. The molecule has 1 amide bonds. The molecule has 2 saturated heterocycles. The van der Waals surface area contributed by atoms with Gasteiger partial charge >= 0.3 is 5.97 Å². The fourth-order valence-corrected chi connectivity index (χ4v) is 15.3. The van der Waals surface area contributed by atoms with Crippen LogP contribution >= 0.6 is 15.9 Å². The van der Waals surface area contributed by atoms with E-state index in [9.17, 15) is 35.1 Å². The molecule has 6 N–H and O–H groups in total. The molecule has 6 fully saturated rings. The lowest BCUT2D eigenvalue weighted by atomic mass is 9.33. The average molecular weight is 1030 g/mol. The first-order valence-electron chi connectivity index (χ1n) is 25.2. The number of esters is 1. The number of halogens is 1. The first kappa shape index (κ1) is 51.1. The number of rotatable bonds is 10. The SMILES string of the molecule is CC(=O)N[C@H]1[C@H](O[C@H]2CC[C@]3(C)[C@H]4CC=C5[C@@H]6CC(C)(C)CC[C@]6(C(=O)OCc6cn(-c7ccc(Br)cc7)nn6)CC[C@@]5(C)[C@]4(C)CC[C@H]3C2(C)C)O[C@H](CO[C@@H]2OC[C@H](O)[C@H](O)[C@@H]2O)[C@@H](O)[C@@H]1O. The number of hydrogen-bond acceptors (Lipinski definition) is 14. The van der Waals surface area contributed by atoms with E-state index in [1.165, 1.54) is 12.5 Å². The summed E-state index contributed by atoms with van der Waals surface area (Å²) < 4.78 is 33.4. The van der Waals surface area contributed by atoms with Gasteiger partial charge in [0, 0.05) is 11.4 Å². The van der Waals surface area contributed by atoms with Crippen LogP contribution in [-0.2, 0) is 39.9 Å². The van der Waals surface area contributed by atoms with Crippen molar-refractivity contribution in [3.05, 3.63) is 52.3 Å². The van der Waals surface area contributed by atoms with Crippen LogP contribution in [0.5, 0.6) is 0 Å². The molecule has 3 heterocycles. The van der Waals surface area contributed by atoms with Crippen LogP contribution in [0.3, 0.4) is 0 Å². The summed E-state index contributed by atoms with van der Waals surface area (Å²) in [5.74, 6) is 0.169. The molecule has 0 unspecified atom stereocenters. The second-order valence-corrected chi connectivity index (χ2v) is 24.8. The summed E-state index contributed by atoms with van der Waals surface area (Å²) >= 11 is 3.49. The number of nitrogens with one attached hydrogen (secondary N) is 1. The number of aliphatic hydroxyl groups is 5. The predicted molar refractivity (Wildman–Crippen MR) is 255 cm³/mol. The van der Waals surface area contributed by atoms with Gasteiger partial charge in [0.1, 0.15) is 55.0 Å². The number of fused-ring (bicyclic) bond motifs is 7. The third-order valence-electron chi connectivity index (χ3n) is 19.2. The highest BCUT2D eigenvalue weighted by atomic mass is 79.9. The predicted octanol–water partition coefficient (Wildman–Crippen LogP) is 5.67. The van der Waals surface area contributed by atoms with Crippen molar-refractivity contribution >= 4 is 27.8 Å². The summed E-state index contributed by atoms with van der Waals surface area (Å²) in [6.45, 7) is 17.6. The second-order valence-electron chi connectivity index (χ2n) is 23.9. The smallest absolute Gasteiger partial charge is 0.313 e. The molecule has 1 aromatic heterocycles. The highest BCUT2D eigenvalue weighted by Gasteiger charge is 2.70. The third-order valence-corrected chi connectivity index (χ3v) is 19.7. The Morgan fingerprint density at radius 1 is 0.870 bits per heavy atom. The Bertz CT molecular complexity index is 2260. The zero-order valence-corrected chi connectivity index (χ0v) is 43.1. The molecule has 4 saturated carbocycles. The normalized spacial score (nSPS) is 43.5. The Labute approximate surface area is 414 Å². The van der Waals surface area contributed by atoms with Gasteiger partial charge in [0.15, 0.2) is 12.6 Å². The highest BCUT2D eigenvalue weighted by Crippen LogP contribution is 2.76. The molecule has 9 rings (SSSR count). The maximum absolute atomic E-state index is 14.7. The molecule has 17 atom stereocenters. The lowest BCUT2D eigenvalue weighted by Gasteiger charge is -2.71. The van der Waals surface area contributed by atoms with Gasteiger partial charge in [-0.3, -0.25) is 9.59 Å². The number of carbonyl (C=O) groups excluding carboxylic acids is 2. The van der Waals surface area contributed by atoms with E-state index in [4.69, 9.17) is 23.7 Å². The first-order valence-corrected chi connectivity index (χ1v) is 26.0. The van der Waals surface area contributed by atoms with E-state index < -0.39 is 66.6 Å². The van der Waals surface area contributed by atoms with E-state index in [2.05, 4.69) is 86.1 Å². The maximum Gasteiger partial charge on any atom is 0.313 e. The summed E-state index contributed by atoms with van der Waals surface area (Å²) in [5.41, 5.74) is 1.83. The van der Waals surface area contributed by atoms with Crippen LogP contribution in [-0.4, -0.2) is 127 Å². The van der Waals surface area contributed by atoms with Crippen LogP contribution in [0.1, 0.15) is 125 Å². The number of allylic oxidation sites excluding steroid dienone is 2. The van der Waals surface area contributed by atoms with Gasteiger partial charge in [-0.05, 0) is 133 Å². The van der Waals surface area contributed by atoms with Crippen molar-refractivity contribution in [3.63, 3.8) is 0 Å². The molecule has 17 heteroatoms. The van der Waals surface area contributed by atoms with Crippen LogP contribution in [0.2, 0.25) is 0 Å². The monoisotopic (exact) mass is 1030 g/mol. The van der Waals surface area contributed by atoms with Crippen LogP contribution in [0.4, 0.5) is 0 Å². The number of amides is 1. The zero-order valence-electron chi connectivity index (χ0n) is 41.5. The molecular formula is C52H75BrN4O12. The second kappa shape index (κ2) is 18.6. The van der Waals surface area contributed by atoms with Crippen LogP contribution in [0.15, 0.2) is 46.6 Å². The van der Waals surface area contributed by atoms with Crippen LogP contribution < -0.4 is 5.32 Å². The first-order chi connectivity index (χ1) is 32.4. The molecule has 16 nitrogen and oxygen atoms in total. The number of benzene rings is 1. The fraction of sp³-hybridized carbons (Fsp3) is 0.769. The van der Waals surface area contributed by atoms with E-state index in [0.717, 1.165) is 67.9 Å². The molecule has 2 aliphatic heterocycles. The summed E-state index contributed by atoms with van der Waals surface area (Å²) in [6.07, 6.45) is 2.07. The van der Waals surface area contributed by atoms with Gasteiger partial charge in [-0.2, -0.15) is 0 Å². The fourth-order valence-electron chi connectivity index (χ4n) is 15.0. The number of ether oxygens (including phenoxy) is 5. The van der Waals surface area contributed by atoms with Crippen molar-refractivity contribution in [1.82, 2.24) is 20.3 Å². The molecule has 5 aliphatic carbocycles. The van der Waals surface area contributed by atoms with Crippen LogP contribution in [0.25, 0.3) is 5.69 Å². The largest absolute Gasteiger partial charge is 0.459 e. The van der Waals surface area contributed by atoms with Crippen molar-refractivity contribution < 1.29 is 58.8 Å². The van der Waals surface area contributed by atoms with Gasteiger partial charge in [-0.25, -0.2) is 4.68 Å². The molecule has 2 aromatic rings. The quantitative estimate of drug-likeness (QED) is 0.0960. The summed E-state index contributed by atoms with van der Waals surface area (Å²) in [4.78, 5) is 27.2. The van der Waals surface area contributed by atoms with Crippen molar-refractivity contribution in [1.29, 1.82) is 0 Å². The summed E-state index contributed by atoms with van der Waals surface area (Å²) in [6, 6.07) is 6.73. The van der Waals surface area contributed by atoms with Crippen molar-refractivity contribution in [2.45, 2.75) is 188 Å². The molecule has 1 aromatic carbocycles. The minimum atomic E-state index is -1.55. The Kier molecular flexibility index (Phi) is 13.8. The van der Waals surface area contributed by atoms with Crippen molar-refractivity contribution in [2.24, 2.45) is 50.2 Å². The minimum absolute atomic E-state index is 0.0322. The van der Waals surface area contributed by atoms with E-state index in [-0.39, 0.29) is 70.8 Å². The molecule has 0 bridgehead atoms. The van der Waals surface area contributed by atoms with Gasteiger partial charge in [0.25, 0.3) is 0 Å². The number of carbonyl (C=O) groups is 2. The van der Waals surface area contributed by atoms with Crippen LogP contribution in [0, 0.1) is 50.2 Å². The highest BCUT2D eigenvalue weighted by molar-refractivity contribution is 9.10. The lowest BCUT2D eigenvalue weighted by Crippen LogP contribution is -2.67. The Morgan fingerprint density at radius 3 is 2.32 bits per heavy atom. The third kappa shape index (κ3) is 8.77. The van der Waals surface area contributed by atoms with E-state index in [1.54, 1.807) is 4.68 Å². The molecule has 0 spiro atoms. The molecule has 7 aliphatic rings. The number of nitrogens with zero attached hydrogens (tertiary/aromatic N) is 3.